The number of anilines is 1. The highest BCUT2D eigenvalue weighted by atomic mass is 16.5. The number of nitrogens with one attached hydrogen (secondary N) is 2. The minimum absolute atomic E-state index is 0.213. The molecule has 1 heterocycles. The van der Waals surface area contributed by atoms with Crippen molar-refractivity contribution in [3.8, 4) is 5.75 Å². The summed E-state index contributed by atoms with van der Waals surface area (Å²) in [4.78, 5) is 18.4. The van der Waals surface area contributed by atoms with E-state index < -0.39 is 0 Å². The van der Waals surface area contributed by atoms with Gasteiger partial charge in [-0.15, -0.1) is 0 Å². The lowest BCUT2D eigenvalue weighted by molar-refractivity contribution is -0.117. The molecule has 2 N–H and O–H groups in total. The smallest absolute Gasteiger partial charge is 0.227 e. The molecule has 1 aliphatic heterocycles. The van der Waals surface area contributed by atoms with Gasteiger partial charge in [0.2, 0.25) is 5.91 Å². The molecule has 0 saturated carbocycles. The number of carbonyl (C=O) groups is 1. The Labute approximate surface area is 173 Å². The average molecular weight is 395 g/mol. The Kier molecular flexibility index (Phi) is 7.50. The summed E-state index contributed by atoms with van der Waals surface area (Å²) < 4.78 is 5.28. The van der Waals surface area contributed by atoms with E-state index in [9.17, 15) is 4.79 Å². The summed E-state index contributed by atoms with van der Waals surface area (Å²) in [6.07, 6.45) is 2.48. The molecular weight excluding hydrogens is 364 g/mol. The predicted molar refractivity (Wildman–Crippen MR) is 118 cm³/mol. The molecule has 1 amide bonds. The van der Waals surface area contributed by atoms with E-state index in [0.29, 0.717) is 13.0 Å². The molecule has 6 nitrogen and oxygen atoms in total. The lowest BCUT2D eigenvalue weighted by Gasteiger charge is -2.16. The van der Waals surface area contributed by atoms with Gasteiger partial charge >= 0.3 is 0 Å². The van der Waals surface area contributed by atoms with Crippen LogP contribution in [0.4, 0.5) is 5.69 Å². The number of ether oxygens (including phenoxy) is 1. The van der Waals surface area contributed by atoms with Crippen LogP contribution in [0.25, 0.3) is 0 Å². The average Bonchev–Trinajstić information content (AvgIpc) is 3.18. The SMILES string of the molecule is CCNC(=NCc1ccc(N2CCCC2=O)cc1)NCCc1cccc(OC)c1. The third-order valence-corrected chi connectivity index (χ3v) is 4.93. The third-order valence-electron chi connectivity index (χ3n) is 4.93. The molecule has 0 aliphatic carbocycles. The van der Waals surface area contributed by atoms with Crippen LogP contribution in [0.1, 0.15) is 30.9 Å². The fourth-order valence-electron chi connectivity index (χ4n) is 3.37. The monoisotopic (exact) mass is 394 g/mol. The van der Waals surface area contributed by atoms with Crippen molar-refractivity contribution in [2.24, 2.45) is 4.99 Å². The van der Waals surface area contributed by atoms with Crippen molar-refractivity contribution >= 4 is 17.6 Å². The number of guanidine groups is 1. The van der Waals surface area contributed by atoms with Gasteiger partial charge in [0.25, 0.3) is 0 Å². The van der Waals surface area contributed by atoms with E-state index in [1.54, 1.807) is 7.11 Å². The number of amides is 1. The lowest BCUT2D eigenvalue weighted by Crippen LogP contribution is -2.38. The van der Waals surface area contributed by atoms with Gasteiger partial charge in [-0.1, -0.05) is 24.3 Å². The molecule has 154 valence electrons. The van der Waals surface area contributed by atoms with E-state index in [1.165, 1.54) is 5.56 Å². The number of benzene rings is 2. The van der Waals surface area contributed by atoms with Crippen molar-refractivity contribution in [3.63, 3.8) is 0 Å². The van der Waals surface area contributed by atoms with Crippen LogP contribution in [0.3, 0.4) is 0 Å². The Hall–Kier alpha value is -3.02. The molecule has 6 heteroatoms. The van der Waals surface area contributed by atoms with Gasteiger partial charge in [-0.05, 0) is 55.2 Å². The maximum absolute atomic E-state index is 11.9. The highest BCUT2D eigenvalue weighted by molar-refractivity contribution is 5.95. The van der Waals surface area contributed by atoms with Crippen molar-refractivity contribution in [1.29, 1.82) is 0 Å². The number of carbonyl (C=O) groups excluding carboxylic acids is 1. The Bertz CT molecular complexity index is 833. The summed E-state index contributed by atoms with van der Waals surface area (Å²) in [5.74, 6) is 1.89. The Morgan fingerprint density at radius 2 is 1.97 bits per heavy atom. The Morgan fingerprint density at radius 1 is 1.14 bits per heavy atom. The van der Waals surface area contributed by atoms with E-state index in [4.69, 9.17) is 4.74 Å². The molecule has 0 spiro atoms. The van der Waals surface area contributed by atoms with Crippen LogP contribution >= 0.6 is 0 Å². The molecule has 2 aromatic rings. The number of nitrogens with zero attached hydrogens (tertiary/aromatic N) is 2. The quantitative estimate of drug-likeness (QED) is 0.533. The van der Waals surface area contributed by atoms with Gasteiger partial charge in [-0.25, -0.2) is 4.99 Å². The molecule has 0 atom stereocenters. The van der Waals surface area contributed by atoms with Crippen LogP contribution < -0.4 is 20.3 Å². The summed E-state index contributed by atoms with van der Waals surface area (Å²) >= 11 is 0. The second-order valence-corrected chi connectivity index (χ2v) is 7.04. The first kappa shape index (κ1) is 20.7. The molecule has 1 aliphatic rings. The van der Waals surface area contributed by atoms with Crippen molar-refractivity contribution < 1.29 is 9.53 Å². The number of hydrogen-bond acceptors (Lipinski definition) is 3. The predicted octanol–water partition coefficient (Wildman–Crippen LogP) is 3.12. The molecule has 2 aromatic carbocycles. The van der Waals surface area contributed by atoms with E-state index in [2.05, 4.69) is 34.7 Å². The van der Waals surface area contributed by atoms with Gasteiger partial charge in [0.1, 0.15) is 5.75 Å². The fourth-order valence-corrected chi connectivity index (χ4v) is 3.37. The highest BCUT2D eigenvalue weighted by Crippen LogP contribution is 2.21. The van der Waals surface area contributed by atoms with Crippen molar-refractivity contribution in [2.75, 3.05) is 31.6 Å². The minimum atomic E-state index is 0.213. The number of methoxy groups -OCH3 is 1. The van der Waals surface area contributed by atoms with Crippen LogP contribution in [0.2, 0.25) is 0 Å². The molecule has 0 bridgehead atoms. The second-order valence-electron chi connectivity index (χ2n) is 7.04. The van der Waals surface area contributed by atoms with E-state index in [1.807, 2.05) is 41.3 Å². The molecule has 0 radical (unpaired) electrons. The molecular formula is C23H30N4O2. The van der Waals surface area contributed by atoms with Gasteiger partial charge in [-0.2, -0.15) is 0 Å². The van der Waals surface area contributed by atoms with E-state index in [0.717, 1.165) is 55.4 Å². The standard InChI is InChI=1S/C23H30N4O2/c1-3-24-23(25-14-13-18-6-4-7-21(16-18)29-2)26-17-19-9-11-20(12-10-19)27-15-5-8-22(27)28/h4,6-7,9-12,16H,3,5,8,13-15,17H2,1-2H3,(H2,24,25,26). The highest BCUT2D eigenvalue weighted by Gasteiger charge is 2.21. The Balaban J connectivity index is 1.53. The van der Waals surface area contributed by atoms with Crippen LogP contribution in [0, 0.1) is 0 Å². The first-order chi connectivity index (χ1) is 14.2. The normalized spacial score (nSPS) is 14.2. The number of rotatable bonds is 8. The fraction of sp³-hybridized carbons (Fsp3) is 0.391. The minimum Gasteiger partial charge on any atom is -0.497 e. The summed E-state index contributed by atoms with van der Waals surface area (Å²) in [5, 5.41) is 6.67. The maximum Gasteiger partial charge on any atom is 0.227 e. The number of aliphatic imine (C=N–C) groups is 1. The summed E-state index contributed by atoms with van der Waals surface area (Å²) in [5.41, 5.74) is 3.31. The van der Waals surface area contributed by atoms with E-state index in [-0.39, 0.29) is 5.91 Å². The van der Waals surface area contributed by atoms with Crippen LogP contribution in [-0.2, 0) is 17.8 Å². The van der Waals surface area contributed by atoms with Crippen LogP contribution in [0.5, 0.6) is 5.75 Å². The first-order valence-corrected chi connectivity index (χ1v) is 10.2. The summed E-state index contributed by atoms with van der Waals surface area (Å²) in [6, 6.07) is 16.2. The van der Waals surface area contributed by atoms with Crippen LogP contribution in [-0.4, -0.2) is 38.6 Å². The van der Waals surface area contributed by atoms with Gasteiger partial charge < -0.3 is 20.3 Å². The topological polar surface area (TPSA) is 66.0 Å². The zero-order valence-corrected chi connectivity index (χ0v) is 17.3. The first-order valence-electron chi connectivity index (χ1n) is 10.2. The zero-order chi connectivity index (χ0) is 20.5. The van der Waals surface area contributed by atoms with E-state index >= 15 is 0 Å². The molecule has 29 heavy (non-hydrogen) atoms. The molecule has 0 unspecified atom stereocenters. The summed E-state index contributed by atoms with van der Waals surface area (Å²) in [6.45, 7) is 5.05. The van der Waals surface area contributed by atoms with Gasteiger partial charge in [0.15, 0.2) is 5.96 Å². The second kappa shape index (κ2) is 10.5. The zero-order valence-electron chi connectivity index (χ0n) is 17.3. The van der Waals surface area contributed by atoms with Crippen molar-refractivity contribution in [3.05, 3.63) is 59.7 Å². The molecule has 1 saturated heterocycles. The Morgan fingerprint density at radius 3 is 2.66 bits per heavy atom. The van der Waals surface area contributed by atoms with Crippen molar-refractivity contribution in [1.82, 2.24) is 10.6 Å². The van der Waals surface area contributed by atoms with Gasteiger partial charge in [-0.3, -0.25) is 4.79 Å². The summed E-state index contributed by atoms with van der Waals surface area (Å²) in [7, 11) is 1.68. The number of hydrogen-bond donors (Lipinski definition) is 2. The third kappa shape index (κ3) is 5.98. The van der Waals surface area contributed by atoms with Crippen LogP contribution in [0.15, 0.2) is 53.5 Å². The molecule has 1 fully saturated rings. The van der Waals surface area contributed by atoms with Gasteiger partial charge in [0, 0.05) is 31.7 Å². The molecule has 0 aromatic heterocycles. The maximum atomic E-state index is 11.9. The molecule has 3 rings (SSSR count). The van der Waals surface area contributed by atoms with Crippen molar-refractivity contribution in [2.45, 2.75) is 32.7 Å². The van der Waals surface area contributed by atoms with Gasteiger partial charge in [0.05, 0.1) is 13.7 Å². The lowest BCUT2D eigenvalue weighted by atomic mass is 10.1. The largest absolute Gasteiger partial charge is 0.497 e.